The molecule has 1 aliphatic carbocycles. The lowest BCUT2D eigenvalue weighted by atomic mass is 9.63. The SMILES string of the molecule is O=C(N1CCCN(c2ccc(C(F)(F)F)cn2)CC1)C1(c2ccccc2)CCC1. The molecule has 2 aliphatic rings. The Morgan fingerprint density at radius 2 is 1.69 bits per heavy atom. The molecule has 7 heteroatoms. The average Bonchev–Trinajstić information content (AvgIpc) is 2.94. The molecule has 2 heterocycles. The molecule has 0 atom stereocenters. The van der Waals surface area contributed by atoms with Crippen molar-refractivity contribution in [3.8, 4) is 0 Å². The van der Waals surface area contributed by atoms with Crippen LogP contribution >= 0.6 is 0 Å². The maximum absolute atomic E-state index is 13.4. The highest BCUT2D eigenvalue weighted by Gasteiger charge is 2.47. The molecule has 1 saturated heterocycles. The van der Waals surface area contributed by atoms with Crippen LogP contribution in [-0.4, -0.2) is 42.0 Å². The number of hydrogen-bond donors (Lipinski definition) is 0. The van der Waals surface area contributed by atoms with E-state index >= 15 is 0 Å². The van der Waals surface area contributed by atoms with Crippen molar-refractivity contribution >= 4 is 11.7 Å². The van der Waals surface area contributed by atoms with Gasteiger partial charge in [0, 0.05) is 32.4 Å². The van der Waals surface area contributed by atoms with Gasteiger partial charge >= 0.3 is 6.18 Å². The van der Waals surface area contributed by atoms with Gasteiger partial charge in [-0.3, -0.25) is 4.79 Å². The van der Waals surface area contributed by atoms with Gasteiger partial charge < -0.3 is 9.80 Å². The van der Waals surface area contributed by atoms with E-state index < -0.39 is 17.2 Å². The third-order valence-corrected chi connectivity index (χ3v) is 6.13. The number of aromatic nitrogens is 1. The van der Waals surface area contributed by atoms with Crippen molar-refractivity contribution in [2.45, 2.75) is 37.3 Å². The Balaban J connectivity index is 1.46. The van der Waals surface area contributed by atoms with Crippen molar-refractivity contribution in [1.82, 2.24) is 9.88 Å². The standard InChI is InChI=1S/C22H24F3N3O/c23-22(24,25)18-8-9-19(26-16-18)27-12-5-13-28(15-14-27)20(29)21(10-4-11-21)17-6-2-1-3-7-17/h1-3,6-9,16H,4-5,10-15H2. The molecule has 1 amide bonds. The van der Waals surface area contributed by atoms with Crippen molar-refractivity contribution in [2.24, 2.45) is 0 Å². The molecular formula is C22H24F3N3O. The van der Waals surface area contributed by atoms with Gasteiger partial charge in [0.15, 0.2) is 0 Å². The number of alkyl halides is 3. The minimum Gasteiger partial charge on any atom is -0.355 e. The quantitative estimate of drug-likeness (QED) is 0.768. The molecule has 0 N–H and O–H groups in total. The van der Waals surface area contributed by atoms with Crippen molar-refractivity contribution < 1.29 is 18.0 Å². The molecule has 4 rings (SSSR count). The van der Waals surface area contributed by atoms with Crippen LogP contribution in [0.25, 0.3) is 0 Å². The molecule has 4 nitrogen and oxygen atoms in total. The third kappa shape index (κ3) is 3.82. The molecule has 1 aromatic heterocycles. The Morgan fingerprint density at radius 1 is 0.931 bits per heavy atom. The summed E-state index contributed by atoms with van der Waals surface area (Å²) in [6, 6.07) is 12.5. The lowest BCUT2D eigenvalue weighted by Gasteiger charge is -2.44. The number of amides is 1. The molecule has 154 valence electrons. The van der Waals surface area contributed by atoms with E-state index in [0.717, 1.165) is 43.5 Å². The summed E-state index contributed by atoms with van der Waals surface area (Å²) in [7, 11) is 0. The van der Waals surface area contributed by atoms with Crippen LogP contribution in [0.15, 0.2) is 48.7 Å². The molecule has 1 saturated carbocycles. The summed E-state index contributed by atoms with van der Waals surface area (Å²) >= 11 is 0. The monoisotopic (exact) mass is 403 g/mol. The molecule has 0 spiro atoms. The van der Waals surface area contributed by atoms with Gasteiger partial charge in [-0.1, -0.05) is 36.8 Å². The molecule has 1 aromatic carbocycles. The lowest BCUT2D eigenvalue weighted by Crippen LogP contribution is -2.52. The Labute approximate surface area is 168 Å². The summed E-state index contributed by atoms with van der Waals surface area (Å²) in [6.45, 7) is 2.44. The molecule has 2 aromatic rings. The third-order valence-electron chi connectivity index (χ3n) is 6.13. The summed E-state index contributed by atoms with van der Waals surface area (Å²) in [6.07, 6.45) is 0.0480. The highest BCUT2D eigenvalue weighted by Crippen LogP contribution is 2.45. The molecule has 0 bridgehead atoms. The number of anilines is 1. The number of carbonyl (C=O) groups is 1. The average molecular weight is 403 g/mol. The largest absolute Gasteiger partial charge is 0.417 e. The molecule has 1 aliphatic heterocycles. The molecule has 0 unspecified atom stereocenters. The van der Waals surface area contributed by atoms with Crippen molar-refractivity contribution in [2.75, 3.05) is 31.1 Å². The van der Waals surface area contributed by atoms with Crippen LogP contribution < -0.4 is 4.90 Å². The first kappa shape index (κ1) is 19.7. The van der Waals surface area contributed by atoms with Crippen molar-refractivity contribution in [3.05, 3.63) is 59.8 Å². The van der Waals surface area contributed by atoms with E-state index in [0.29, 0.717) is 32.0 Å². The van der Waals surface area contributed by atoms with Gasteiger partial charge in [-0.25, -0.2) is 4.98 Å². The molecule has 0 radical (unpaired) electrons. The second kappa shape index (κ2) is 7.69. The zero-order chi connectivity index (χ0) is 20.5. The Hall–Kier alpha value is -2.57. The minimum atomic E-state index is -4.39. The number of nitrogens with zero attached hydrogens (tertiary/aromatic N) is 3. The van der Waals surface area contributed by atoms with Crippen LogP contribution in [0.4, 0.5) is 19.0 Å². The number of rotatable bonds is 3. The normalized spacial score (nSPS) is 19.4. The fraction of sp³-hybridized carbons (Fsp3) is 0.455. The van der Waals surface area contributed by atoms with Crippen molar-refractivity contribution in [1.29, 1.82) is 0 Å². The van der Waals surface area contributed by atoms with E-state index in [2.05, 4.69) is 4.98 Å². The van der Waals surface area contributed by atoms with E-state index in [1.165, 1.54) is 6.07 Å². The van der Waals surface area contributed by atoms with Crippen LogP contribution in [0, 0.1) is 0 Å². The molecule has 2 fully saturated rings. The Kier molecular flexibility index (Phi) is 5.23. The van der Waals surface area contributed by atoms with Gasteiger partial charge in [-0.05, 0) is 37.0 Å². The number of carbonyl (C=O) groups excluding carboxylic acids is 1. The zero-order valence-corrected chi connectivity index (χ0v) is 16.2. The van der Waals surface area contributed by atoms with Gasteiger partial charge in [0.2, 0.25) is 5.91 Å². The number of halogens is 3. The van der Waals surface area contributed by atoms with E-state index in [1.54, 1.807) is 0 Å². The minimum absolute atomic E-state index is 0.178. The number of hydrogen-bond acceptors (Lipinski definition) is 3. The molecular weight excluding hydrogens is 379 g/mol. The van der Waals surface area contributed by atoms with E-state index in [-0.39, 0.29) is 5.91 Å². The first-order valence-corrected chi connectivity index (χ1v) is 10.0. The van der Waals surface area contributed by atoms with Gasteiger partial charge in [0.05, 0.1) is 11.0 Å². The maximum atomic E-state index is 13.4. The van der Waals surface area contributed by atoms with Crippen LogP contribution in [-0.2, 0) is 16.4 Å². The summed E-state index contributed by atoms with van der Waals surface area (Å²) in [4.78, 5) is 21.3. The lowest BCUT2D eigenvalue weighted by molar-refractivity contribution is -0.140. The summed E-state index contributed by atoms with van der Waals surface area (Å²) in [5.41, 5.74) is -0.0762. The fourth-order valence-electron chi connectivity index (χ4n) is 4.31. The topological polar surface area (TPSA) is 36.4 Å². The summed E-state index contributed by atoms with van der Waals surface area (Å²) in [5.74, 6) is 0.700. The number of benzene rings is 1. The van der Waals surface area contributed by atoms with E-state index in [9.17, 15) is 18.0 Å². The Bertz CT molecular complexity index is 848. The predicted molar refractivity (Wildman–Crippen MR) is 105 cm³/mol. The highest BCUT2D eigenvalue weighted by atomic mass is 19.4. The summed E-state index contributed by atoms with van der Waals surface area (Å²) < 4.78 is 38.3. The smallest absolute Gasteiger partial charge is 0.355 e. The van der Waals surface area contributed by atoms with Crippen LogP contribution in [0.5, 0.6) is 0 Å². The molecule has 29 heavy (non-hydrogen) atoms. The zero-order valence-electron chi connectivity index (χ0n) is 16.2. The first-order chi connectivity index (χ1) is 13.9. The predicted octanol–water partition coefficient (Wildman–Crippen LogP) is 4.26. The van der Waals surface area contributed by atoms with Crippen LogP contribution in [0.3, 0.4) is 0 Å². The summed E-state index contributed by atoms with van der Waals surface area (Å²) in [5, 5.41) is 0. The maximum Gasteiger partial charge on any atom is 0.417 e. The second-order valence-corrected chi connectivity index (χ2v) is 7.84. The van der Waals surface area contributed by atoms with Gasteiger partial charge in [0.1, 0.15) is 5.82 Å². The van der Waals surface area contributed by atoms with E-state index in [1.807, 2.05) is 40.1 Å². The Morgan fingerprint density at radius 3 is 2.28 bits per heavy atom. The van der Waals surface area contributed by atoms with Crippen LogP contribution in [0.1, 0.15) is 36.8 Å². The van der Waals surface area contributed by atoms with Crippen LogP contribution in [0.2, 0.25) is 0 Å². The van der Waals surface area contributed by atoms with Gasteiger partial charge in [-0.2, -0.15) is 13.2 Å². The van der Waals surface area contributed by atoms with Gasteiger partial charge in [-0.15, -0.1) is 0 Å². The van der Waals surface area contributed by atoms with Crippen molar-refractivity contribution in [3.63, 3.8) is 0 Å². The fourth-order valence-corrected chi connectivity index (χ4v) is 4.31. The highest BCUT2D eigenvalue weighted by molar-refractivity contribution is 5.89. The van der Waals surface area contributed by atoms with E-state index in [4.69, 9.17) is 0 Å². The number of pyridine rings is 1. The van der Waals surface area contributed by atoms with Gasteiger partial charge in [0.25, 0.3) is 0 Å². The first-order valence-electron chi connectivity index (χ1n) is 10.0. The second-order valence-electron chi connectivity index (χ2n) is 7.84.